The Morgan fingerprint density at radius 1 is 1.57 bits per heavy atom. The van der Waals surface area contributed by atoms with Crippen LogP contribution in [0.2, 0.25) is 0 Å². The van der Waals surface area contributed by atoms with E-state index in [1.54, 1.807) is 19.9 Å². The fraction of sp³-hybridized carbons (Fsp3) is 0.400. The highest BCUT2D eigenvalue weighted by atomic mass is 16.5. The van der Waals surface area contributed by atoms with Crippen LogP contribution in [0.4, 0.5) is 0 Å². The Bertz CT molecular complexity index is 341. The van der Waals surface area contributed by atoms with E-state index < -0.39 is 11.6 Å². The fourth-order valence-corrected chi connectivity index (χ4v) is 1.03. The first-order chi connectivity index (χ1) is 6.45. The summed E-state index contributed by atoms with van der Waals surface area (Å²) in [5.74, 6) is -0.504. The van der Waals surface area contributed by atoms with Gasteiger partial charge in [0.1, 0.15) is 5.69 Å². The molecule has 0 aliphatic carbocycles. The summed E-state index contributed by atoms with van der Waals surface area (Å²) in [4.78, 5) is 15.0. The zero-order valence-electron chi connectivity index (χ0n) is 8.44. The number of ether oxygens (including phenoxy) is 1. The molecule has 0 radical (unpaired) electrons. The number of hydrogen-bond donors (Lipinski definition) is 1. The van der Waals surface area contributed by atoms with Gasteiger partial charge in [-0.25, -0.2) is 9.78 Å². The van der Waals surface area contributed by atoms with Crippen LogP contribution in [-0.2, 0) is 10.3 Å². The number of carbonyl (C=O) groups excluding carboxylic acids is 1. The van der Waals surface area contributed by atoms with Crippen LogP contribution in [0.25, 0.3) is 0 Å². The number of esters is 1. The monoisotopic (exact) mass is 195 g/mol. The third kappa shape index (κ3) is 2.29. The van der Waals surface area contributed by atoms with Gasteiger partial charge < -0.3 is 9.84 Å². The second-order valence-corrected chi connectivity index (χ2v) is 3.48. The van der Waals surface area contributed by atoms with Gasteiger partial charge >= 0.3 is 5.97 Å². The molecule has 0 fully saturated rings. The lowest BCUT2D eigenvalue weighted by Crippen LogP contribution is -2.17. The van der Waals surface area contributed by atoms with Crippen LogP contribution in [0, 0.1) is 0 Å². The molecule has 0 aromatic carbocycles. The van der Waals surface area contributed by atoms with Gasteiger partial charge in [0.2, 0.25) is 0 Å². The van der Waals surface area contributed by atoms with Gasteiger partial charge in [-0.1, -0.05) is 0 Å². The molecule has 76 valence electrons. The van der Waals surface area contributed by atoms with Crippen molar-refractivity contribution in [1.82, 2.24) is 4.98 Å². The maximum Gasteiger partial charge on any atom is 0.356 e. The Hall–Kier alpha value is -1.42. The minimum Gasteiger partial charge on any atom is -0.464 e. The lowest BCUT2D eigenvalue weighted by atomic mass is 9.99. The minimum atomic E-state index is -0.980. The SMILES string of the molecule is COC(=O)c1cc(C(C)(C)O)ccn1. The Kier molecular flexibility index (Phi) is 2.86. The second kappa shape index (κ2) is 3.75. The van der Waals surface area contributed by atoms with Crippen molar-refractivity contribution in [3.05, 3.63) is 29.6 Å². The van der Waals surface area contributed by atoms with E-state index in [0.29, 0.717) is 5.56 Å². The first-order valence-electron chi connectivity index (χ1n) is 4.22. The zero-order valence-corrected chi connectivity index (χ0v) is 8.44. The first kappa shape index (κ1) is 10.7. The highest BCUT2D eigenvalue weighted by Gasteiger charge is 2.18. The smallest absolute Gasteiger partial charge is 0.356 e. The maximum atomic E-state index is 11.1. The van der Waals surface area contributed by atoms with Crippen LogP contribution in [0.1, 0.15) is 29.9 Å². The summed E-state index contributed by atoms with van der Waals surface area (Å²) in [6, 6.07) is 3.18. The largest absolute Gasteiger partial charge is 0.464 e. The molecule has 0 unspecified atom stereocenters. The second-order valence-electron chi connectivity index (χ2n) is 3.48. The lowest BCUT2D eigenvalue weighted by Gasteiger charge is -2.17. The van der Waals surface area contributed by atoms with Gasteiger partial charge in [-0.05, 0) is 31.5 Å². The van der Waals surface area contributed by atoms with Crippen molar-refractivity contribution in [2.24, 2.45) is 0 Å². The number of nitrogens with zero attached hydrogens (tertiary/aromatic N) is 1. The average molecular weight is 195 g/mol. The molecule has 0 aliphatic heterocycles. The van der Waals surface area contributed by atoms with Crippen molar-refractivity contribution >= 4 is 5.97 Å². The molecule has 0 spiro atoms. The van der Waals surface area contributed by atoms with Gasteiger partial charge in [0.15, 0.2) is 0 Å². The molecule has 0 bridgehead atoms. The van der Waals surface area contributed by atoms with Crippen molar-refractivity contribution in [1.29, 1.82) is 0 Å². The highest BCUT2D eigenvalue weighted by molar-refractivity contribution is 5.87. The van der Waals surface area contributed by atoms with E-state index in [1.165, 1.54) is 19.4 Å². The molecule has 1 rings (SSSR count). The van der Waals surface area contributed by atoms with Crippen LogP contribution in [0.5, 0.6) is 0 Å². The van der Waals surface area contributed by atoms with E-state index in [1.807, 2.05) is 0 Å². The average Bonchev–Trinajstić information content (AvgIpc) is 2.15. The van der Waals surface area contributed by atoms with Crippen molar-refractivity contribution < 1.29 is 14.6 Å². The van der Waals surface area contributed by atoms with Gasteiger partial charge in [0, 0.05) is 6.20 Å². The predicted molar refractivity (Wildman–Crippen MR) is 50.8 cm³/mol. The molecule has 1 aromatic heterocycles. The molecule has 1 aromatic rings. The number of methoxy groups -OCH3 is 1. The quantitative estimate of drug-likeness (QED) is 0.718. The number of rotatable bonds is 2. The first-order valence-corrected chi connectivity index (χ1v) is 4.22. The van der Waals surface area contributed by atoms with Crippen LogP contribution >= 0.6 is 0 Å². The zero-order chi connectivity index (χ0) is 10.8. The molecule has 14 heavy (non-hydrogen) atoms. The van der Waals surface area contributed by atoms with Gasteiger partial charge in [0.25, 0.3) is 0 Å². The maximum absolute atomic E-state index is 11.1. The standard InChI is InChI=1S/C10H13NO3/c1-10(2,13)7-4-5-11-8(6-7)9(12)14-3/h4-6,13H,1-3H3. The van der Waals surface area contributed by atoms with E-state index in [-0.39, 0.29) is 5.69 Å². The van der Waals surface area contributed by atoms with Gasteiger partial charge in [-0.3, -0.25) is 0 Å². The molecular weight excluding hydrogens is 182 g/mol. The summed E-state index contributed by atoms with van der Waals surface area (Å²) < 4.78 is 4.52. The number of aliphatic hydroxyl groups is 1. The Morgan fingerprint density at radius 3 is 2.71 bits per heavy atom. The third-order valence-corrected chi connectivity index (χ3v) is 1.86. The van der Waals surface area contributed by atoms with Crippen molar-refractivity contribution in [2.75, 3.05) is 7.11 Å². The lowest BCUT2D eigenvalue weighted by molar-refractivity contribution is 0.0591. The molecule has 0 saturated heterocycles. The van der Waals surface area contributed by atoms with Crippen LogP contribution < -0.4 is 0 Å². The van der Waals surface area contributed by atoms with E-state index in [4.69, 9.17) is 0 Å². The highest BCUT2D eigenvalue weighted by Crippen LogP contribution is 2.19. The van der Waals surface area contributed by atoms with E-state index in [0.717, 1.165) is 0 Å². The van der Waals surface area contributed by atoms with Crippen LogP contribution in [-0.4, -0.2) is 23.2 Å². The van der Waals surface area contributed by atoms with E-state index in [2.05, 4.69) is 9.72 Å². The fourth-order valence-electron chi connectivity index (χ4n) is 1.03. The molecule has 4 nitrogen and oxygen atoms in total. The molecule has 1 N–H and O–H groups in total. The van der Waals surface area contributed by atoms with Crippen molar-refractivity contribution in [3.8, 4) is 0 Å². The van der Waals surface area contributed by atoms with Crippen molar-refractivity contribution in [3.63, 3.8) is 0 Å². The normalized spacial score (nSPS) is 11.1. The van der Waals surface area contributed by atoms with Crippen LogP contribution in [0.3, 0.4) is 0 Å². The number of aromatic nitrogens is 1. The summed E-state index contributed by atoms with van der Waals surface area (Å²) in [5, 5.41) is 9.69. The summed E-state index contributed by atoms with van der Waals surface area (Å²) in [5.41, 5.74) is -0.147. The molecule has 4 heteroatoms. The summed E-state index contributed by atoms with van der Waals surface area (Å²) >= 11 is 0. The van der Waals surface area contributed by atoms with E-state index >= 15 is 0 Å². The number of carbonyl (C=O) groups is 1. The van der Waals surface area contributed by atoms with Crippen LogP contribution in [0.15, 0.2) is 18.3 Å². The number of pyridine rings is 1. The number of hydrogen-bond acceptors (Lipinski definition) is 4. The Morgan fingerprint density at radius 2 is 2.21 bits per heavy atom. The summed E-state index contributed by atoms with van der Waals surface area (Å²) in [6.45, 7) is 3.28. The van der Waals surface area contributed by atoms with Gasteiger partial charge in [-0.15, -0.1) is 0 Å². The molecule has 0 atom stereocenters. The minimum absolute atomic E-state index is 0.201. The van der Waals surface area contributed by atoms with Gasteiger partial charge in [0.05, 0.1) is 12.7 Å². The molecule has 1 heterocycles. The molecular formula is C10H13NO3. The summed E-state index contributed by atoms with van der Waals surface area (Å²) in [7, 11) is 1.29. The van der Waals surface area contributed by atoms with Gasteiger partial charge in [-0.2, -0.15) is 0 Å². The molecule has 0 saturated carbocycles. The molecule has 0 amide bonds. The predicted octanol–water partition coefficient (Wildman–Crippen LogP) is 1.10. The molecule has 0 aliphatic rings. The topological polar surface area (TPSA) is 59.4 Å². The van der Waals surface area contributed by atoms with E-state index in [9.17, 15) is 9.90 Å². The third-order valence-electron chi connectivity index (χ3n) is 1.86. The van der Waals surface area contributed by atoms with Crippen molar-refractivity contribution in [2.45, 2.75) is 19.4 Å². The summed E-state index contributed by atoms with van der Waals surface area (Å²) in [6.07, 6.45) is 1.47. The Labute approximate surface area is 82.5 Å². The Balaban J connectivity index is 3.08.